The van der Waals surface area contributed by atoms with Gasteiger partial charge in [-0.25, -0.2) is 0 Å². The van der Waals surface area contributed by atoms with Crippen LogP contribution in [0.1, 0.15) is 12.5 Å². The molecule has 0 heterocycles. The minimum atomic E-state index is -5.02. The number of rotatable bonds is 5. The molecule has 1 atom stereocenters. The maximum Gasteiger partial charge on any atom is 0.416 e. The van der Waals surface area contributed by atoms with Crippen LogP contribution in [0.3, 0.4) is 0 Å². The minimum Gasteiger partial charge on any atom is -0.480 e. The predicted octanol–water partition coefficient (Wildman–Crippen LogP) is 3.09. The third-order valence-electron chi connectivity index (χ3n) is 2.41. The molecule has 1 rings (SSSR count). The summed E-state index contributed by atoms with van der Waals surface area (Å²) in [5.41, 5.74) is -3.89. The van der Waals surface area contributed by atoms with Gasteiger partial charge in [-0.2, -0.15) is 13.2 Å². The van der Waals surface area contributed by atoms with Gasteiger partial charge in [-0.15, -0.1) is 0 Å². The first kappa shape index (κ1) is 17.7. The lowest BCUT2D eigenvalue weighted by atomic mass is 10.1. The molecule has 0 saturated heterocycles. The number of benzene rings is 1. The summed E-state index contributed by atoms with van der Waals surface area (Å²) in [6.45, 7) is 1.10. The van der Waals surface area contributed by atoms with Gasteiger partial charge in [0, 0.05) is 12.1 Å². The zero-order chi connectivity index (χ0) is 17.2. The van der Waals surface area contributed by atoms with E-state index in [2.05, 4.69) is 0 Å². The molecule has 1 N–H and O–H groups in total. The average molecular weight is 340 g/mol. The Morgan fingerprint density at radius 1 is 1.23 bits per heavy atom. The van der Waals surface area contributed by atoms with Crippen LogP contribution in [0.15, 0.2) is 17.0 Å². The number of carbonyl (C=O) groups is 1. The van der Waals surface area contributed by atoms with E-state index in [0.29, 0.717) is 0 Å². The Morgan fingerprint density at radius 3 is 1.91 bits per heavy atom. The van der Waals surface area contributed by atoms with Crippen LogP contribution >= 0.6 is 11.8 Å². The molecule has 1 aromatic rings. The van der Waals surface area contributed by atoms with Crippen LogP contribution in [0.25, 0.3) is 0 Å². The van der Waals surface area contributed by atoms with Crippen LogP contribution in [0.2, 0.25) is 0 Å². The van der Waals surface area contributed by atoms with Gasteiger partial charge in [0.05, 0.1) is 15.4 Å². The lowest BCUT2D eigenvalue weighted by Gasteiger charge is -2.11. The molecule has 0 aliphatic rings. The van der Waals surface area contributed by atoms with Crippen LogP contribution in [0.4, 0.5) is 24.5 Å². The van der Waals surface area contributed by atoms with Gasteiger partial charge in [-0.05, 0) is 6.92 Å². The maximum atomic E-state index is 12.7. The quantitative estimate of drug-likeness (QED) is 0.496. The molecular formula is C10H7F3N2O6S. The van der Waals surface area contributed by atoms with Crippen molar-refractivity contribution in [3.63, 3.8) is 0 Å². The topological polar surface area (TPSA) is 124 Å². The van der Waals surface area contributed by atoms with E-state index in [-0.39, 0.29) is 23.9 Å². The van der Waals surface area contributed by atoms with Gasteiger partial charge in [0.2, 0.25) is 0 Å². The first-order valence-corrected chi connectivity index (χ1v) is 6.26. The smallest absolute Gasteiger partial charge is 0.416 e. The van der Waals surface area contributed by atoms with Crippen molar-refractivity contribution in [3.05, 3.63) is 37.9 Å². The number of halogens is 3. The number of hydrogen-bond donors (Lipinski definition) is 1. The van der Waals surface area contributed by atoms with Crippen molar-refractivity contribution in [3.8, 4) is 0 Å². The molecule has 0 bridgehead atoms. The molecule has 0 saturated carbocycles. The Bertz CT molecular complexity index is 613. The van der Waals surface area contributed by atoms with E-state index in [9.17, 15) is 38.2 Å². The Hall–Kier alpha value is -2.37. The largest absolute Gasteiger partial charge is 0.480 e. The van der Waals surface area contributed by atoms with Crippen LogP contribution in [-0.2, 0) is 11.0 Å². The molecule has 0 fully saturated rings. The summed E-state index contributed by atoms with van der Waals surface area (Å²) in [5, 5.41) is 29.2. The summed E-state index contributed by atoms with van der Waals surface area (Å²) < 4.78 is 38.0. The van der Waals surface area contributed by atoms with E-state index in [1.807, 2.05) is 0 Å². The van der Waals surface area contributed by atoms with E-state index in [4.69, 9.17) is 5.11 Å². The first-order valence-electron chi connectivity index (χ1n) is 5.38. The van der Waals surface area contributed by atoms with Crippen LogP contribution in [0.5, 0.6) is 0 Å². The van der Waals surface area contributed by atoms with E-state index >= 15 is 0 Å². The molecule has 0 aromatic heterocycles. The average Bonchev–Trinajstić information content (AvgIpc) is 2.36. The fourth-order valence-corrected chi connectivity index (χ4v) is 2.34. The van der Waals surface area contributed by atoms with Crippen LogP contribution < -0.4 is 0 Å². The predicted molar refractivity (Wildman–Crippen MR) is 67.7 cm³/mol. The molecule has 120 valence electrons. The van der Waals surface area contributed by atoms with Gasteiger partial charge in [0.15, 0.2) is 4.90 Å². The van der Waals surface area contributed by atoms with Crippen molar-refractivity contribution in [2.75, 3.05) is 0 Å². The summed E-state index contributed by atoms with van der Waals surface area (Å²) >= 11 is 0.231. The number of carboxylic acid groups (broad SMARTS) is 1. The number of nitro benzene ring substituents is 2. The summed E-state index contributed by atoms with van der Waals surface area (Å²) in [5.74, 6) is -1.42. The van der Waals surface area contributed by atoms with Crippen molar-refractivity contribution >= 4 is 29.1 Å². The molecule has 0 spiro atoms. The second kappa shape index (κ2) is 6.17. The normalized spacial score (nSPS) is 12.7. The van der Waals surface area contributed by atoms with Gasteiger partial charge in [-0.3, -0.25) is 25.0 Å². The minimum absolute atomic E-state index is 0.143. The summed E-state index contributed by atoms with van der Waals surface area (Å²) in [7, 11) is 0. The fraction of sp³-hybridized carbons (Fsp3) is 0.300. The standard InChI is InChI=1S/C10H7F3N2O6S/c1-4(9(16)17)22-8-6(14(18)19)2-5(10(11,12)13)3-7(8)15(20)21/h2-4H,1H3,(H,16,17)/t4-/m0/s1. The van der Waals surface area contributed by atoms with E-state index in [1.165, 1.54) is 0 Å². The van der Waals surface area contributed by atoms with E-state index < -0.39 is 49.1 Å². The zero-order valence-corrected chi connectivity index (χ0v) is 11.5. The molecule has 0 aliphatic heterocycles. The lowest BCUT2D eigenvalue weighted by Crippen LogP contribution is -2.13. The number of nitro groups is 2. The maximum absolute atomic E-state index is 12.7. The Kier molecular flexibility index (Phi) is 4.96. The van der Waals surface area contributed by atoms with Crippen LogP contribution in [-0.4, -0.2) is 26.2 Å². The van der Waals surface area contributed by atoms with Crippen molar-refractivity contribution in [2.24, 2.45) is 0 Å². The Balaban J connectivity index is 3.61. The first-order chi connectivity index (χ1) is 9.95. The Morgan fingerprint density at radius 2 is 1.64 bits per heavy atom. The molecule has 0 unspecified atom stereocenters. The van der Waals surface area contributed by atoms with E-state index in [1.54, 1.807) is 0 Å². The van der Waals surface area contributed by atoms with Gasteiger partial charge in [0.1, 0.15) is 5.25 Å². The van der Waals surface area contributed by atoms with Crippen molar-refractivity contribution in [2.45, 2.75) is 23.2 Å². The van der Waals surface area contributed by atoms with Crippen molar-refractivity contribution in [1.82, 2.24) is 0 Å². The van der Waals surface area contributed by atoms with Gasteiger partial charge in [-0.1, -0.05) is 11.8 Å². The second-order valence-electron chi connectivity index (χ2n) is 3.95. The molecule has 1 aromatic carbocycles. The Labute approximate surface area is 124 Å². The number of nitrogens with zero attached hydrogens (tertiary/aromatic N) is 2. The zero-order valence-electron chi connectivity index (χ0n) is 10.7. The van der Waals surface area contributed by atoms with Crippen molar-refractivity contribution < 1.29 is 32.9 Å². The van der Waals surface area contributed by atoms with Gasteiger partial charge >= 0.3 is 12.1 Å². The molecule has 22 heavy (non-hydrogen) atoms. The molecule has 12 heteroatoms. The van der Waals surface area contributed by atoms with Crippen molar-refractivity contribution in [1.29, 1.82) is 0 Å². The summed E-state index contributed by atoms with van der Waals surface area (Å²) in [4.78, 5) is 29.3. The highest BCUT2D eigenvalue weighted by atomic mass is 32.2. The number of hydrogen-bond acceptors (Lipinski definition) is 6. The SMILES string of the molecule is C[C@H](Sc1c([N+](=O)[O-])cc(C(F)(F)F)cc1[N+](=O)[O-])C(=O)O. The monoisotopic (exact) mass is 340 g/mol. The molecule has 0 aliphatic carbocycles. The highest BCUT2D eigenvalue weighted by molar-refractivity contribution is 8.00. The molecular weight excluding hydrogens is 333 g/mol. The lowest BCUT2D eigenvalue weighted by molar-refractivity contribution is -0.400. The second-order valence-corrected chi connectivity index (χ2v) is 5.30. The fourth-order valence-electron chi connectivity index (χ4n) is 1.38. The highest BCUT2D eigenvalue weighted by Gasteiger charge is 2.38. The van der Waals surface area contributed by atoms with Gasteiger partial charge < -0.3 is 5.11 Å². The van der Waals surface area contributed by atoms with Crippen LogP contribution in [0, 0.1) is 20.2 Å². The molecule has 0 amide bonds. The summed E-state index contributed by atoms with van der Waals surface area (Å²) in [6, 6.07) is 0.286. The third-order valence-corrected chi connectivity index (χ3v) is 3.62. The third kappa shape index (κ3) is 3.84. The number of carboxylic acids is 1. The number of thioether (sulfide) groups is 1. The van der Waals surface area contributed by atoms with E-state index in [0.717, 1.165) is 6.92 Å². The van der Waals surface area contributed by atoms with Gasteiger partial charge in [0.25, 0.3) is 11.4 Å². The number of alkyl halides is 3. The number of aliphatic carboxylic acids is 1. The molecule has 8 nitrogen and oxygen atoms in total. The molecule has 0 radical (unpaired) electrons. The highest BCUT2D eigenvalue weighted by Crippen LogP contribution is 2.43. The summed E-state index contributed by atoms with van der Waals surface area (Å²) in [6.07, 6.45) is -5.02.